The van der Waals surface area contributed by atoms with Gasteiger partial charge in [-0.25, -0.2) is 14.0 Å². The van der Waals surface area contributed by atoms with Gasteiger partial charge in [0, 0.05) is 18.6 Å². The van der Waals surface area contributed by atoms with Crippen molar-refractivity contribution in [2.45, 2.75) is 59.7 Å². The van der Waals surface area contributed by atoms with Crippen LogP contribution in [0.4, 0.5) is 0 Å². The van der Waals surface area contributed by atoms with E-state index < -0.39 is 0 Å². The van der Waals surface area contributed by atoms with Crippen LogP contribution < -0.4 is 0 Å². The highest BCUT2D eigenvalue weighted by atomic mass is 15.4. The maximum Gasteiger partial charge on any atom is 0.131 e. The van der Waals surface area contributed by atoms with Gasteiger partial charge in [-0.3, -0.25) is 15.0 Å². The summed E-state index contributed by atoms with van der Waals surface area (Å²) < 4.78 is 5.75. The van der Waals surface area contributed by atoms with E-state index in [2.05, 4.69) is 66.7 Å². The molecule has 12 nitrogen and oxygen atoms in total. The van der Waals surface area contributed by atoms with Crippen LogP contribution in [0.25, 0.3) is 34.2 Å². The highest BCUT2D eigenvalue weighted by molar-refractivity contribution is 5.56. The van der Waals surface area contributed by atoms with E-state index in [4.69, 9.17) is 0 Å². The third kappa shape index (κ3) is 6.24. The zero-order valence-electron chi connectivity index (χ0n) is 27.3. The third-order valence-corrected chi connectivity index (χ3v) is 8.60. The molecule has 240 valence electrons. The molecule has 0 saturated heterocycles. The summed E-state index contributed by atoms with van der Waals surface area (Å²) in [6, 6.07) is 17.4. The Morgan fingerprint density at radius 2 is 0.708 bits per heavy atom. The molecule has 0 N–H and O–H groups in total. The Labute approximate surface area is 278 Å². The van der Waals surface area contributed by atoms with E-state index >= 15 is 0 Å². The lowest BCUT2D eigenvalue weighted by molar-refractivity contribution is 0.610. The lowest BCUT2D eigenvalue weighted by Crippen LogP contribution is -2.19. The van der Waals surface area contributed by atoms with Crippen molar-refractivity contribution in [3.63, 3.8) is 0 Å². The van der Waals surface area contributed by atoms with Crippen LogP contribution in [0.3, 0.4) is 0 Å². The van der Waals surface area contributed by atoms with Gasteiger partial charge in [-0.05, 0) is 89.0 Å². The summed E-state index contributed by atoms with van der Waals surface area (Å²) >= 11 is 0. The molecule has 6 heterocycles. The van der Waals surface area contributed by atoms with Crippen molar-refractivity contribution in [3.8, 4) is 34.2 Å². The van der Waals surface area contributed by atoms with Crippen LogP contribution in [0, 0.1) is 0 Å². The Morgan fingerprint density at radius 1 is 0.396 bits per heavy atom. The summed E-state index contributed by atoms with van der Waals surface area (Å²) in [5, 5.41) is 27.0. The van der Waals surface area contributed by atoms with E-state index in [9.17, 15) is 0 Å². The van der Waals surface area contributed by atoms with Crippen molar-refractivity contribution in [2.75, 3.05) is 0 Å². The summed E-state index contributed by atoms with van der Waals surface area (Å²) in [6.45, 7) is 8.38. The van der Waals surface area contributed by atoms with Crippen molar-refractivity contribution in [2.24, 2.45) is 0 Å². The number of aromatic nitrogens is 12. The van der Waals surface area contributed by atoms with E-state index in [1.165, 1.54) is 33.4 Å². The Kier molecular flexibility index (Phi) is 8.86. The highest BCUT2D eigenvalue weighted by Crippen LogP contribution is 2.33. The van der Waals surface area contributed by atoms with Crippen LogP contribution in [0.15, 0.2) is 91.8 Å². The largest absolute Gasteiger partial charge is 0.254 e. The summed E-state index contributed by atoms with van der Waals surface area (Å²) in [4.78, 5) is 13.4. The monoisotopic (exact) mass is 636 g/mol. The van der Waals surface area contributed by atoms with Gasteiger partial charge in [-0.15, -0.1) is 15.3 Å². The van der Waals surface area contributed by atoms with Gasteiger partial charge in [0.15, 0.2) is 0 Å². The summed E-state index contributed by atoms with van der Waals surface area (Å²) in [7, 11) is 0. The van der Waals surface area contributed by atoms with Crippen LogP contribution >= 0.6 is 0 Å². The molecule has 6 aromatic heterocycles. The molecule has 0 aliphatic carbocycles. The molecular weight excluding hydrogens is 600 g/mol. The van der Waals surface area contributed by atoms with E-state index in [0.29, 0.717) is 19.6 Å². The molecule has 0 radical (unpaired) electrons. The molecule has 7 aromatic rings. The first-order valence-corrected chi connectivity index (χ1v) is 16.3. The topological polar surface area (TPSA) is 131 Å². The molecule has 0 unspecified atom stereocenters. The molecule has 0 atom stereocenters. The van der Waals surface area contributed by atoms with Crippen LogP contribution in [0.2, 0.25) is 0 Å². The number of nitrogens with zero attached hydrogens (tertiary/aromatic N) is 12. The van der Waals surface area contributed by atoms with E-state index in [-0.39, 0.29) is 0 Å². The highest BCUT2D eigenvalue weighted by Gasteiger charge is 2.24. The number of pyridine rings is 3. The summed E-state index contributed by atoms with van der Waals surface area (Å²) in [6.07, 6.45) is 13.8. The lowest BCUT2D eigenvalue weighted by atomic mass is 9.83. The van der Waals surface area contributed by atoms with Gasteiger partial charge >= 0.3 is 0 Å². The molecule has 7 rings (SSSR count). The van der Waals surface area contributed by atoms with Gasteiger partial charge in [-0.2, -0.15) is 0 Å². The second-order valence-electron chi connectivity index (χ2n) is 11.5. The first kappa shape index (κ1) is 30.7. The fraction of sp³-hybridized carbons (Fsp3) is 0.250. The fourth-order valence-corrected chi connectivity index (χ4v) is 6.45. The summed E-state index contributed by atoms with van der Waals surface area (Å²) in [5.41, 5.74) is 12.2. The van der Waals surface area contributed by atoms with Gasteiger partial charge in [0.2, 0.25) is 0 Å². The number of hydrogen-bond donors (Lipinski definition) is 0. The average Bonchev–Trinajstić information content (AvgIpc) is 3.92. The molecule has 0 saturated carbocycles. The van der Waals surface area contributed by atoms with E-state index in [1.807, 2.05) is 87.2 Å². The van der Waals surface area contributed by atoms with Gasteiger partial charge < -0.3 is 0 Å². The zero-order chi connectivity index (χ0) is 32.9. The second kappa shape index (κ2) is 13.8. The third-order valence-electron chi connectivity index (χ3n) is 8.60. The molecule has 12 heteroatoms. The minimum atomic E-state index is 0.573. The Bertz CT molecular complexity index is 1850. The van der Waals surface area contributed by atoms with Crippen molar-refractivity contribution in [1.82, 2.24) is 59.9 Å². The van der Waals surface area contributed by atoms with Crippen LogP contribution in [-0.4, -0.2) is 59.9 Å². The van der Waals surface area contributed by atoms with Crippen molar-refractivity contribution < 1.29 is 0 Å². The standard InChI is InChI=1S/C36H36N12/c1-4-25-28(19-46-22-34(40-43-46)31-13-7-10-16-37-31)26(5-2)30(21-48-24-36(42-45-48)33-15-9-12-18-39-33)27(6-3)29(25)20-47-23-35(41-44-47)32-14-8-11-17-38-32/h7-18,22-24H,4-6,19-21H2,1-3H3. The van der Waals surface area contributed by atoms with E-state index in [0.717, 1.165) is 53.4 Å². The normalized spacial score (nSPS) is 11.3. The summed E-state index contributed by atoms with van der Waals surface area (Å²) in [5.74, 6) is 0. The quantitative estimate of drug-likeness (QED) is 0.171. The minimum absolute atomic E-state index is 0.573. The molecule has 0 amide bonds. The maximum atomic E-state index is 4.54. The molecule has 0 bridgehead atoms. The van der Waals surface area contributed by atoms with Gasteiger partial charge in [0.25, 0.3) is 0 Å². The SMILES string of the molecule is CCc1c(Cn2cc(-c3ccccn3)nn2)c(CC)c(Cn2cc(-c3ccccn3)nn2)c(CC)c1Cn1cc(-c2ccccn2)nn1. The number of hydrogen-bond acceptors (Lipinski definition) is 9. The molecule has 0 fully saturated rings. The lowest BCUT2D eigenvalue weighted by Gasteiger charge is -2.26. The van der Waals surface area contributed by atoms with E-state index in [1.54, 1.807) is 18.6 Å². The van der Waals surface area contributed by atoms with Gasteiger partial charge in [-0.1, -0.05) is 54.6 Å². The Balaban J connectivity index is 1.33. The zero-order valence-corrected chi connectivity index (χ0v) is 27.3. The first-order chi connectivity index (χ1) is 23.6. The van der Waals surface area contributed by atoms with Crippen molar-refractivity contribution in [1.29, 1.82) is 0 Å². The average molecular weight is 637 g/mol. The molecule has 0 aliphatic rings. The second-order valence-corrected chi connectivity index (χ2v) is 11.5. The molecule has 1 aromatic carbocycles. The Morgan fingerprint density at radius 3 is 0.958 bits per heavy atom. The Hall–Kier alpha value is -5.91. The maximum absolute atomic E-state index is 4.54. The van der Waals surface area contributed by atoms with Gasteiger partial charge in [0.05, 0.1) is 55.3 Å². The molecule has 0 spiro atoms. The van der Waals surface area contributed by atoms with Crippen LogP contribution in [0.5, 0.6) is 0 Å². The predicted molar refractivity (Wildman–Crippen MR) is 182 cm³/mol. The first-order valence-electron chi connectivity index (χ1n) is 16.3. The minimum Gasteiger partial charge on any atom is -0.254 e. The molecule has 48 heavy (non-hydrogen) atoms. The number of benzene rings is 1. The predicted octanol–water partition coefficient (Wildman–Crippen LogP) is 5.48. The molecule has 0 aliphatic heterocycles. The van der Waals surface area contributed by atoms with Crippen molar-refractivity contribution >= 4 is 0 Å². The van der Waals surface area contributed by atoms with Gasteiger partial charge in [0.1, 0.15) is 17.1 Å². The van der Waals surface area contributed by atoms with Crippen molar-refractivity contribution in [3.05, 3.63) is 125 Å². The number of rotatable bonds is 12. The smallest absolute Gasteiger partial charge is 0.131 e. The molecular formula is C36H36N12. The van der Waals surface area contributed by atoms with Crippen LogP contribution in [0.1, 0.15) is 54.2 Å². The fourth-order valence-electron chi connectivity index (χ4n) is 6.45. The van der Waals surface area contributed by atoms with Crippen LogP contribution in [-0.2, 0) is 38.9 Å².